The van der Waals surface area contributed by atoms with Gasteiger partial charge < -0.3 is 20.4 Å². The second-order valence-corrected chi connectivity index (χ2v) is 7.19. The lowest BCUT2D eigenvalue weighted by molar-refractivity contribution is -0.119. The Balaban J connectivity index is 1.85. The number of piperidine rings is 1. The van der Waals surface area contributed by atoms with Crippen LogP contribution in [0.4, 0.5) is 0 Å². The van der Waals surface area contributed by atoms with Crippen LogP contribution in [0.15, 0.2) is 4.99 Å². The summed E-state index contributed by atoms with van der Waals surface area (Å²) in [5, 5.41) is 6.50. The number of nitrogens with one attached hydrogen (secondary N) is 2. The number of hydrogen-bond acceptors (Lipinski definition) is 3. The van der Waals surface area contributed by atoms with E-state index in [9.17, 15) is 4.79 Å². The van der Waals surface area contributed by atoms with Crippen molar-refractivity contribution >= 4 is 11.9 Å². The number of rotatable bonds is 5. The van der Waals surface area contributed by atoms with E-state index in [1.165, 1.54) is 6.42 Å². The van der Waals surface area contributed by atoms with Crippen LogP contribution in [0.1, 0.15) is 39.5 Å². The zero-order valence-electron chi connectivity index (χ0n) is 15.2. The third-order valence-electron chi connectivity index (χ3n) is 5.46. The molecule has 6 nitrogen and oxygen atoms in total. The highest BCUT2D eigenvalue weighted by Crippen LogP contribution is 2.35. The highest BCUT2D eigenvalue weighted by Gasteiger charge is 2.42. The van der Waals surface area contributed by atoms with Crippen molar-refractivity contribution in [1.29, 1.82) is 0 Å². The molecule has 0 radical (unpaired) electrons. The minimum Gasteiger partial charge on any atom is -0.355 e. The second kappa shape index (κ2) is 7.99. The first-order chi connectivity index (χ1) is 11.0. The van der Waals surface area contributed by atoms with Gasteiger partial charge in [0.1, 0.15) is 0 Å². The van der Waals surface area contributed by atoms with Gasteiger partial charge in [0, 0.05) is 57.6 Å². The quantitative estimate of drug-likeness (QED) is 0.583. The number of nitrogens with zero attached hydrogens (tertiary/aromatic N) is 3. The summed E-state index contributed by atoms with van der Waals surface area (Å²) in [6.45, 7) is 9.14. The van der Waals surface area contributed by atoms with Crippen molar-refractivity contribution < 1.29 is 4.79 Å². The van der Waals surface area contributed by atoms with Gasteiger partial charge in [0.15, 0.2) is 5.96 Å². The van der Waals surface area contributed by atoms with Crippen molar-refractivity contribution in [1.82, 2.24) is 20.4 Å². The lowest BCUT2D eigenvalue weighted by atomic mass is 9.79. The van der Waals surface area contributed by atoms with Crippen molar-refractivity contribution in [2.75, 3.05) is 46.8 Å². The molecule has 1 amide bonds. The lowest BCUT2D eigenvalue weighted by Crippen LogP contribution is -2.52. The van der Waals surface area contributed by atoms with E-state index in [4.69, 9.17) is 0 Å². The smallest absolute Gasteiger partial charge is 0.220 e. The Morgan fingerprint density at radius 1 is 1.57 bits per heavy atom. The van der Waals surface area contributed by atoms with Gasteiger partial charge in [-0.1, -0.05) is 6.92 Å². The van der Waals surface area contributed by atoms with Crippen LogP contribution >= 0.6 is 0 Å². The van der Waals surface area contributed by atoms with Crippen molar-refractivity contribution in [3.63, 3.8) is 0 Å². The fourth-order valence-electron chi connectivity index (χ4n) is 3.64. The number of carbonyl (C=O) groups is 1. The fraction of sp³-hybridized carbons (Fsp3) is 0.882. The van der Waals surface area contributed by atoms with Crippen LogP contribution < -0.4 is 10.6 Å². The predicted molar refractivity (Wildman–Crippen MR) is 94.6 cm³/mol. The molecule has 2 fully saturated rings. The van der Waals surface area contributed by atoms with Gasteiger partial charge in [-0.15, -0.1) is 0 Å². The maximum atomic E-state index is 11.6. The molecule has 0 saturated carbocycles. The van der Waals surface area contributed by atoms with E-state index in [1.54, 1.807) is 0 Å². The van der Waals surface area contributed by atoms with Gasteiger partial charge in [-0.05, 0) is 33.2 Å². The summed E-state index contributed by atoms with van der Waals surface area (Å²) in [4.78, 5) is 20.8. The van der Waals surface area contributed by atoms with Crippen LogP contribution in [0.25, 0.3) is 0 Å². The van der Waals surface area contributed by atoms with Crippen molar-refractivity contribution in [3.05, 3.63) is 0 Å². The number of hydrogen-bond donors (Lipinski definition) is 2. The highest BCUT2D eigenvalue weighted by atomic mass is 16.1. The maximum Gasteiger partial charge on any atom is 0.220 e. The minimum atomic E-state index is 0.112. The summed E-state index contributed by atoms with van der Waals surface area (Å²) in [6, 6.07) is 0.604. The normalized spacial score (nSPS) is 26.7. The van der Waals surface area contributed by atoms with Gasteiger partial charge >= 0.3 is 0 Å². The molecule has 2 aliphatic rings. The Hall–Kier alpha value is -1.30. The maximum absolute atomic E-state index is 11.6. The number of carbonyl (C=O) groups excluding carboxylic acids is 1. The Morgan fingerprint density at radius 3 is 2.96 bits per heavy atom. The van der Waals surface area contributed by atoms with Crippen LogP contribution in [0.5, 0.6) is 0 Å². The molecular weight excluding hydrogens is 290 g/mol. The third-order valence-corrected chi connectivity index (χ3v) is 5.46. The van der Waals surface area contributed by atoms with Gasteiger partial charge in [-0.2, -0.15) is 0 Å². The van der Waals surface area contributed by atoms with Gasteiger partial charge in [0.05, 0.1) is 0 Å². The Labute approximate surface area is 140 Å². The molecule has 2 atom stereocenters. The summed E-state index contributed by atoms with van der Waals surface area (Å²) in [7, 11) is 4.02. The van der Waals surface area contributed by atoms with E-state index in [2.05, 4.69) is 46.3 Å². The minimum absolute atomic E-state index is 0.112. The Kier molecular flexibility index (Phi) is 6.27. The second-order valence-electron chi connectivity index (χ2n) is 7.19. The molecule has 0 aromatic heterocycles. The summed E-state index contributed by atoms with van der Waals surface area (Å²) in [6.07, 6.45) is 4.09. The fourth-order valence-corrected chi connectivity index (χ4v) is 3.64. The average Bonchev–Trinajstić information content (AvgIpc) is 2.90. The molecule has 2 saturated heterocycles. The SMILES string of the molecule is CCC(C)N(C)CCNC(=NC)N1CCCC2(CNC(=O)C2)C1. The molecule has 2 N–H and O–H groups in total. The Bertz CT molecular complexity index is 439. The number of likely N-dealkylation sites (tertiary alicyclic amines) is 1. The number of guanidine groups is 1. The molecule has 23 heavy (non-hydrogen) atoms. The van der Waals surface area contributed by atoms with Gasteiger partial charge in [-0.25, -0.2) is 0 Å². The van der Waals surface area contributed by atoms with Crippen LogP contribution in [-0.2, 0) is 4.79 Å². The predicted octanol–water partition coefficient (Wildman–Crippen LogP) is 0.894. The lowest BCUT2D eigenvalue weighted by Gasteiger charge is -2.41. The molecule has 132 valence electrons. The van der Waals surface area contributed by atoms with Gasteiger partial charge in [0.2, 0.25) is 5.91 Å². The molecular formula is C17H33N5O. The monoisotopic (exact) mass is 323 g/mol. The molecule has 0 aromatic rings. The van der Waals surface area contributed by atoms with E-state index >= 15 is 0 Å². The van der Waals surface area contributed by atoms with E-state index in [1.807, 2.05) is 7.05 Å². The molecule has 2 rings (SSSR count). The van der Waals surface area contributed by atoms with Crippen LogP contribution in [-0.4, -0.2) is 74.5 Å². The van der Waals surface area contributed by atoms with Crippen LogP contribution in [0.2, 0.25) is 0 Å². The van der Waals surface area contributed by atoms with E-state index in [-0.39, 0.29) is 11.3 Å². The van der Waals surface area contributed by atoms with Crippen molar-refractivity contribution in [2.45, 2.75) is 45.6 Å². The first-order valence-corrected chi connectivity index (χ1v) is 8.92. The topological polar surface area (TPSA) is 60.0 Å². The summed E-state index contributed by atoms with van der Waals surface area (Å²) in [5.41, 5.74) is 0.112. The molecule has 0 aromatic carbocycles. The molecule has 0 bridgehead atoms. The highest BCUT2D eigenvalue weighted by molar-refractivity contribution is 5.81. The number of likely N-dealkylation sites (N-methyl/N-ethyl adjacent to an activating group) is 1. The molecule has 2 unspecified atom stereocenters. The summed E-state index contributed by atoms with van der Waals surface area (Å²) in [5.74, 6) is 1.17. The first-order valence-electron chi connectivity index (χ1n) is 8.92. The molecule has 1 spiro atoms. The zero-order chi connectivity index (χ0) is 16.9. The first kappa shape index (κ1) is 18.0. The molecule has 2 heterocycles. The van der Waals surface area contributed by atoms with E-state index in [0.717, 1.165) is 51.5 Å². The average molecular weight is 323 g/mol. The number of amides is 1. The largest absolute Gasteiger partial charge is 0.355 e. The van der Waals surface area contributed by atoms with E-state index in [0.29, 0.717) is 12.5 Å². The summed E-state index contributed by atoms with van der Waals surface area (Å²) < 4.78 is 0. The van der Waals surface area contributed by atoms with E-state index < -0.39 is 0 Å². The number of aliphatic imine (C=N–C) groups is 1. The molecule has 2 aliphatic heterocycles. The van der Waals surface area contributed by atoms with Gasteiger partial charge in [0.25, 0.3) is 0 Å². The van der Waals surface area contributed by atoms with Gasteiger partial charge in [-0.3, -0.25) is 9.79 Å². The molecule has 0 aliphatic carbocycles. The zero-order valence-corrected chi connectivity index (χ0v) is 15.2. The van der Waals surface area contributed by atoms with Crippen LogP contribution in [0.3, 0.4) is 0 Å². The molecule has 6 heteroatoms. The Morgan fingerprint density at radius 2 is 2.35 bits per heavy atom. The summed E-state index contributed by atoms with van der Waals surface area (Å²) >= 11 is 0. The van der Waals surface area contributed by atoms with Crippen LogP contribution in [0, 0.1) is 5.41 Å². The van der Waals surface area contributed by atoms with Crippen molar-refractivity contribution in [2.24, 2.45) is 10.4 Å². The van der Waals surface area contributed by atoms with Crippen molar-refractivity contribution in [3.8, 4) is 0 Å². The standard InChI is InChI=1S/C17H33N5O/c1-5-14(2)21(4)10-8-19-16(18-3)22-9-6-7-17(13-22)11-15(23)20-12-17/h14H,5-13H2,1-4H3,(H,18,19)(H,20,23). The third kappa shape index (κ3) is 4.59.